The zero-order valence-corrected chi connectivity index (χ0v) is 14.3. The molecule has 0 fully saturated rings. The minimum atomic E-state index is 0. The van der Waals surface area contributed by atoms with E-state index in [1.165, 1.54) is 94.9 Å². The van der Waals surface area contributed by atoms with E-state index in [1.807, 2.05) is 0 Å². The molecule has 1 nitrogen and oxygen atoms in total. The highest BCUT2D eigenvalue weighted by Gasteiger charge is 2.19. The molecule has 0 spiro atoms. The standard InChI is InChI=1S/C18H40N.H4Si/c1-5-9-10-11-12-13-14-15-16-17-18-19(6-2,7-3)8-4;/h5-18H2,1-4H3;1H4/q+1;. The van der Waals surface area contributed by atoms with Crippen molar-refractivity contribution in [2.24, 2.45) is 0 Å². The molecule has 124 valence electrons. The molecule has 0 bridgehead atoms. The van der Waals surface area contributed by atoms with Crippen molar-refractivity contribution in [1.29, 1.82) is 0 Å². The van der Waals surface area contributed by atoms with Gasteiger partial charge in [-0.05, 0) is 44.6 Å². The van der Waals surface area contributed by atoms with Crippen molar-refractivity contribution in [3.05, 3.63) is 0 Å². The zero-order valence-electron chi connectivity index (χ0n) is 14.3. The van der Waals surface area contributed by atoms with Crippen LogP contribution in [0.3, 0.4) is 0 Å². The Morgan fingerprint density at radius 3 is 1.20 bits per heavy atom. The Balaban J connectivity index is 0. The average molecular weight is 303 g/mol. The minimum absolute atomic E-state index is 0. The third-order valence-electron chi connectivity index (χ3n) is 5.00. The molecule has 0 unspecified atom stereocenters. The highest BCUT2D eigenvalue weighted by Crippen LogP contribution is 2.13. The lowest BCUT2D eigenvalue weighted by atomic mass is 10.1. The van der Waals surface area contributed by atoms with Gasteiger partial charge in [-0.2, -0.15) is 0 Å². The Morgan fingerprint density at radius 2 is 0.850 bits per heavy atom. The molecule has 0 atom stereocenters. The molecule has 0 aliphatic rings. The van der Waals surface area contributed by atoms with Gasteiger partial charge >= 0.3 is 0 Å². The summed E-state index contributed by atoms with van der Waals surface area (Å²) >= 11 is 0. The Morgan fingerprint density at radius 1 is 0.500 bits per heavy atom. The molecule has 0 aliphatic heterocycles. The molecule has 0 N–H and O–H groups in total. The SMILES string of the molecule is CCCCCCCCCCCC[N+](CC)(CC)CC.[SiH4]. The van der Waals surface area contributed by atoms with Gasteiger partial charge in [0.25, 0.3) is 0 Å². The van der Waals surface area contributed by atoms with Crippen LogP contribution in [0.1, 0.15) is 91.9 Å². The predicted molar refractivity (Wildman–Crippen MR) is 99.9 cm³/mol. The lowest BCUT2D eigenvalue weighted by Crippen LogP contribution is -2.48. The summed E-state index contributed by atoms with van der Waals surface area (Å²) in [5.74, 6) is 0. The molecule has 0 radical (unpaired) electrons. The zero-order chi connectivity index (χ0) is 14.4. The van der Waals surface area contributed by atoms with Crippen LogP contribution in [0, 0.1) is 0 Å². The Bertz CT molecular complexity index is 170. The van der Waals surface area contributed by atoms with Gasteiger partial charge in [-0.15, -0.1) is 0 Å². The van der Waals surface area contributed by atoms with Gasteiger partial charge in [0.1, 0.15) is 0 Å². The summed E-state index contributed by atoms with van der Waals surface area (Å²) in [6, 6.07) is 0. The molecule has 0 heterocycles. The van der Waals surface area contributed by atoms with E-state index in [9.17, 15) is 0 Å². The van der Waals surface area contributed by atoms with Crippen LogP contribution in [0.25, 0.3) is 0 Å². The summed E-state index contributed by atoms with van der Waals surface area (Å²) in [5.41, 5.74) is 0. The van der Waals surface area contributed by atoms with E-state index in [4.69, 9.17) is 0 Å². The van der Waals surface area contributed by atoms with E-state index >= 15 is 0 Å². The van der Waals surface area contributed by atoms with Crippen LogP contribution in [0.15, 0.2) is 0 Å². The Hall–Kier alpha value is 0.177. The summed E-state index contributed by atoms with van der Waals surface area (Å²) in [6.45, 7) is 14.7. The Kier molecular flexibility index (Phi) is 17.5. The van der Waals surface area contributed by atoms with Gasteiger partial charge < -0.3 is 4.48 Å². The number of nitrogens with zero attached hydrogens (tertiary/aromatic N) is 1. The van der Waals surface area contributed by atoms with Gasteiger partial charge in [0.15, 0.2) is 0 Å². The van der Waals surface area contributed by atoms with Gasteiger partial charge in [-0.25, -0.2) is 0 Å². The van der Waals surface area contributed by atoms with Gasteiger partial charge in [-0.3, -0.25) is 0 Å². The van der Waals surface area contributed by atoms with Gasteiger partial charge in [0.05, 0.1) is 26.2 Å². The van der Waals surface area contributed by atoms with Gasteiger partial charge in [0.2, 0.25) is 0 Å². The maximum Gasteiger partial charge on any atom is 0.0786 e. The van der Waals surface area contributed by atoms with E-state index < -0.39 is 0 Å². The number of rotatable bonds is 14. The number of quaternary nitrogens is 1. The summed E-state index contributed by atoms with van der Waals surface area (Å²) in [5, 5.41) is 0. The van der Waals surface area contributed by atoms with Crippen LogP contribution >= 0.6 is 0 Å². The fourth-order valence-corrected chi connectivity index (χ4v) is 3.08. The summed E-state index contributed by atoms with van der Waals surface area (Å²) in [7, 11) is 0. The number of hydrogen-bond donors (Lipinski definition) is 0. The first kappa shape index (κ1) is 22.5. The quantitative estimate of drug-likeness (QED) is 0.254. The molecule has 0 aromatic heterocycles. The second-order valence-corrected chi connectivity index (χ2v) is 6.20. The molecule has 0 saturated carbocycles. The van der Waals surface area contributed by atoms with Crippen molar-refractivity contribution in [3.8, 4) is 0 Å². The monoisotopic (exact) mass is 302 g/mol. The first-order chi connectivity index (χ1) is 9.24. The van der Waals surface area contributed by atoms with Crippen molar-refractivity contribution in [1.82, 2.24) is 0 Å². The van der Waals surface area contributed by atoms with E-state index in [1.54, 1.807) is 0 Å². The van der Waals surface area contributed by atoms with Crippen LogP contribution in [-0.4, -0.2) is 41.6 Å². The van der Waals surface area contributed by atoms with E-state index in [-0.39, 0.29) is 11.0 Å². The second-order valence-electron chi connectivity index (χ2n) is 6.20. The molecule has 0 aromatic carbocycles. The fraction of sp³-hybridized carbons (Fsp3) is 1.00. The molecule has 0 aliphatic carbocycles. The molecular weight excluding hydrogens is 258 g/mol. The predicted octanol–water partition coefficient (Wildman–Crippen LogP) is 4.33. The normalized spacial score (nSPS) is 11.4. The van der Waals surface area contributed by atoms with Crippen molar-refractivity contribution in [2.75, 3.05) is 26.2 Å². The first-order valence-electron chi connectivity index (χ1n) is 9.09. The van der Waals surface area contributed by atoms with Crippen LogP contribution in [0.4, 0.5) is 0 Å². The lowest BCUT2D eigenvalue weighted by Gasteiger charge is -2.35. The topological polar surface area (TPSA) is 0 Å². The first-order valence-corrected chi connectivity index (χ1v) is 9.09. The van der Waals surface area contributed by atoms with Crippen LogP contribution in [0.5, 0.6) is 0 Å². The molecular formula is C18H44NSi+. The Labute approximate surface area is 134 Å². The largest absolute Gasteiger partial charge is 0.324 e. The highest BCUT2D eigenvalue weighted by atomic mass is 28.1. The fourth-order valence-electron chi connectivity index (χ4n) is 3.08. The third kappa shape index (κ3) is 10.9. The molecule has 2 heteroatoms. The highest BCUT2D eigenvalue weighted by molar-refractivity contribution is 5.75. The molecule has 0 saturated heterocycles. The van der Waals surface area contributed by atoms with Crippen molar-refractivity contribution >= 4 is 11.0 Å². The van der Waals surface area contributed by atoms with E-state index in [2.05, 4.69) is 27.7 Å². The van der Waals surface area contributed by atoms with Crippen molar-refractivity contribution < 1.29 is 4.48 Å². The van der Waals surface area contributed by atoms with Gasteiger partial charge in [-0.1, -0.05) is 58.3 Å². The number of hydrogen-bond acceptors (Lipinski definition) is 0. The van der Waals surface area contributed by atoms with E-state index in [0.717, 1.165) is 0 Å². The van der Waals surface area contributed by atoms with E-state index in [0.29, 0.717) is 0 Å². The maximum absolute atomic E-state index is 2.35. The average Bonchev–Trinajstić information content (AvgIpc) is 2.46. The van der Waals surface area contributed by atoms with Crippen LogP contribution < -0.4 is 0 Å². The summed E-state index contributed by atoms with van der Waals surface area (Å²) < 4.78 is 1.33. The second kappa shape index (κ2) is 15.6. The van der Waals surface area contributed by atoms with Crippen LogP contribution in [-0.2, 0) is 0 Å². The summed E-state index contributed by atoms with van der Waals surface area (Å²) in [6.07, 6.45) is 14.5. The molecule has 0 rings (SSSR count). The van der Waals surface area contributed by atoms with Gasteiger partial charge in [0, 0.05) is 0 Å². The molecule has 0 aromatic rings. The smallest absolute Gasteiger partial charge is 0.0786 e. The molecule has 0 amide bonds. The van der Waals surface area contributed by atoms with Crippen LogP contribution in [0.2, 0.25) is 0 Å². The van der Waals surface area contributed by atoms with Crippen molar-refractivity contribution in [2.45, 2.75) is 91.9 Å². The lowest BCUT2D eigenvalue weighted by molar-refractivity contribution is -0.923. The molecule has 20 heavy (non-hydrogen) atoms. The minimum Gasteiger partial charge on any atom is -0.324 e. The summed E-state index contributed by atoms with van der Waals surface area (Å²) in [4.78, 5) is 0. The third-order valence-corrected chi connectivity index (χ3v) is 5.00. The maximum atomic E-state index is 2.35. The van der Waals surface area contributed by atoms with Crippen molar-refractivity contribution in [3.63, 3.8) is 0 Å². The number of unbranched alkanes of at least 4 members (excludes halogenated alkanes) is 9.